The summed E-state index contributed by atoms with van der Waals surface area (Å²) < 4.78 is 35.8. The summed E-state index contributed by atoms with van der Waals surface area (Å²) in [6.07, 6.45) is 2.79. The molecule has 1 aliphatic heterocycles. The van der Waals surface area contributed by atoms with Crippen molar-refractivity contribution in [1.82, 2.24) is 19.8 Å². The van der Waals surface area contributed by atoms with E-state index in [0.29, 0.717) is 19.7 Å². The molecule has 42 heavy (non-hydrogen) atoms. The average Bonchev–Trinajstić information content (AvgIpc) is 3.64. The van der Waals surface area contributed by atoms with E-state index in [-0.39, 0.29) is 18.7 Å². The molecule has 0 saturated heterocycles. The van der Waals surface area contributed by atoms with E-state index in [9.17, 15) is 13.9 Å². The van der Waals surface area contributed by atoms with Crippen molar-refractivity contribution in [2.45, 2.75) is 31.8 Å². The van der Waals surface area contributed by atoms with E-state index in [0.717, 1.165) is 45.9 Å². The number of benzene rings is 4. The average molecular weight is 569 g/mol. The maximum Gasteiger partial charge on any atom is 0.137 e. The van der Waals surface area contributed by atoms with Crippen LogP contribution in [0.3, 0.4) is 0 Å². The zero-order valence-corrected chi connectivity index (χ0v) is 22.8. The molecule has 0 aliphatic carbocycles. The number of nitrogens with zero attached hydrogens (tertiary/aromatic N) is 4. The topological polar surface area (TPSA) is 87.5 Å². The zero-order valence-electron chi connectivity index (χ0n) is 22.8. The van der Waals surface area contributed by atoms with E-state index < -0.39 is 17.2 Å². The summed E-state index contributed by atoms with van der Waals surface area (Å²) in [6.45, 7) is 1.59. The first-order valence-electron chi connectivity index (χ1n) is 13.6. The molecule has 6 rings (SSSR count). The quantitative estimate of drug-likeness (QED) is 0.195. The highest BCUT2D eigenvalue weighted by Gasteiger charge is 2.37. The summed E-state index contributed by atoms with van der Waals surface area (Å²) in [4.78, 5) is 3.92. The lowest BCUT2D eigenvalue weighted by atomic mass is 9.92. The number of hydrazine groups is 1. The van der Waals surface area contributed by atoms with Gasteiger partial charge >= 0.3 is 0 Å². The minimum absolute atomic E-state index is 0.0176. The van der Waals surface area contributed by atoms with Crippen LogP contribution in [0.4, 0.5) is 20.2 Å². The van der Waals surface area contributed by atoms with Gasteiger partial charge < -0.3 is 20.6 Å². The molecule has 10 heteroatoms. The Balaban J connectivity index is 1.08. The van der Waals surface area contributed by atoms with Crippen molar-refractivity contribution in [1.29, 1.82) is 0 Å². The largest absolute Gasteiger partial charge is 0.489 e. The van der Waals surface area contributed by atoms with Crippen molar-refractivity contribution in [3.8, 4) is 5.75 Å². The predicted molar refractivity (Wildman–Crippen MR) is 155 cm³/mol. The molecule has 0 saturated carbocycles. The van der Waals surface area contributed by atoms with Gasteiger partial charge in [0.15, 0.2) is 0 Å². The van der Waals surface area contributed by atoms with Crippen LogP contribution in [0.1, 0.15) is 22.3 Å². The van der Waals surface area contributed by atoms with Gasteiger partial charge in [0, 0.05) is 30.4 Å². The summed E-state index contributed by atoms with van der Waals surface area (Å²) in [7, 11) is 0. The molecule has 1 unspecified atom stereocenters. The van der Waals surface area contributed by atoms with E-state index in [4.69, 9.17) is 4.74 Å². The minimum Gasteiger partial charge on any atom is -0.489 e. The second-order valence-electron chi connectivity index (χ2n) is 10.4. The Labute approximate surface area is 242 Å². The number of aliphatic hydroxyl groups is 1. The van der Waals surface area contributed by atoms with Gasteiger partial charge in [0.05, 0.1) is 18.8 Å². The third-order valence-corrected chi connectivity index (χ3v) is 7.19. The van der Waals surface area contributed by atoms with Crippen LogP contribution in [0.5, 0.6) is 5.75 Å². The van der Waals surface area contributed by atoms with Crippen molar-refractivity contribution < 1.29 is 18.6 Å². The lowest BCUT2D eigenvalue weighted by Crippen LogP contribution is -2.45. The highest BCUT2D eigenvalue weighted by atomic mass is 19.1. The number of hydrogen-bond donors (Lipinski definition) is 3. The van der Waals surface area contributed by atoms with Crippen LogP contribution in [0.2, 0.25) is 0 Å². The number of halogens is 2. The molecular formula is C32H30F2N6O2. The summed E-state index contributed by atoms with van der Waals surface area (Å²) in [5.74, 6) is -0.717. The number of ether oxygens (including phenoxy) is 1. The highest BCUT2D eigenvalue weighted by molar-refractivity contribution is 5.61. The molecule has 3 N–H and O–H groups in total. The molecule has 0 bridgehead atoms. The molecule has 8 nitrogen and oxygen atoms in total. The molecule has 4 aromatic carbocycles. The molecular weight excluding hydrogens is 538 g/mol. The first-order valence-corrected chi connectivity index (χ1v) is 13.6. The fourth-order valence-corrected chi connectivity index (χ4v) is 5.09. The number of anilines is 2. The number of nitrogens with one attached hydrogen (secondary N) is 2. The number of fused-ring (bicyclic) bond motifs is 1. The minimum atomic E-state index is -1.71. The van der Waals surface area contributed by atoms with Crippen LogP contribution in [-0.4, -0.2) is 31.4 Å². The molecule has 0 fully saturated rings. The molecule has 0 amide bonds. The van der Waals surface area contributed by atoms with E-state index in [1.165, 1.54) is 23.4 Å². The Morgan fingerprint density at radius 3 is 2.52 bits per heavy atom. The SMILES string of the molecule is OC(CN1Cc2cc(NCc3ccc(OCc4ccccc4)cc3)ccc2N1)(Cn1cncn1)c1ccc(F)cc1F. The molecule has 0 spiro atoms. The molecule has 2 heterocycles. The van der Waals surface area contributed by atoms with Gasteiger partial charge in [-0.25, -0.2) is 23.5 Å². The molecule has 1 aromatic heterocycles. The maximum atomic E-state index is 14.8. The Morgan fingerprint density at radius 1 is 0.929 bits per heavy atom. The zero-order chi connectivity index (χ0) is 28.9. The third kappa shape index (κ3) is 6.40. The van der Waals surface area contributed by atoms with Gasteiger partial charge in [-0.15, -0.1) is 0 Å². The van der Waals surface area contributed by atoms with Gasteiger partial charge in [-0.05, 0) is 53.1 Å². The summed E-state index contributed by atoms with van der Waals surface area (Å²) in [5.41, 5.74) is 6.66. The van der Waals surface area contributed by atoms with Crippen molar-refractivity contribution in [2.24, 2.45) is 0 Å². The van der Waals surface area contributed by atoms with Crippen LogP contribution >= 0.6 is 0 Å². The number of rotatable bonds is 11. The smallest absolute Gasteiger partial charge is 0.137 e. The first kappa shape index (κ1) is 27.4. The Hall–Kier alpha value is -4.80. The van der Waals surface area contributed by atoms with Gasteiger partial charge in [-0.2, -0.15) is 5.10 Å². The normalized spacial score (nSPS) is 14.2. The van der Waals surface area contributed by atoms with Crippen molar-refractivity contribution >= 4 is 11.4 Å². The number of aromatic nitrogens is 3. The van der Waals surface area contributed by atoms with Gasteiger partial charge in [0.25, 0.3) is 0 Å². The predicted octanol–water partition coefficient (Wildman–Crippen LogP) is 5.48. The summed E-state index contributed by atoms with van der Waals surface area (Å²) in [6, 6.07) is 27.2. The van der Waals surface area contributed by atoms with Crippen molar-refractivity contribution in [3.63, 3.8) is 0 Å². The van der Waals surface area contributed by atoms with Crippen LogP contribution in [0.15, 0.2) is 104 Å². The molecule has 1 aliphatic rings. The van der Waals surface area contributed by atoms with Crippen molar-refractivity contribution in [3.05, 3.63) is 138 Å². The number of β-amino-alcohol motifs (C(OH)–C–C–N with tert-alkyl or cyclic N) is 1. The van der Waals surface area contributed by atoms with E-state index in [2.05, 4.69) is 26.9 Å². The lowest BCUT2D eigenvalue weighted by Gasteiger charge is -2.33. The Morgan fingerprint density at radius 2 is 1.76 bits per heavy atom. The van der Waals surface area contributed by atoms with Gasteiger partial charge in [-0.3, -0.25) is 0 Å². The van der Waals surface area contributed by atoms with Gasteiger partial charge in [0.1, 0.15) is 42.2 Å². The monoisotopic (exact) mass is 568 g/mol. The van der Waals surface area contributed by atoms with Crippen LogP contribution < -0.4 is 15.5 Å². The second-order valence-corrected chi connectivity index (χ2v) is 10.4. The Bertz CT molecular complexity index is 1630. The summed E-state index contributed by atoms with van der Waals surface area (Å²) >= 11 is 0. The lowest BCUT2D eigenvalue weighted by molar-refractivity contribution is -0.0160. The molecule has 1 atom stereocenters. The molecule has 0 radical (unpaired) electrons. The van der Waals surface area contributed by atoms with Crippen LogP contribution in [0, 0.1) is 11.6 Å². The van der Waals surface area contributed by atoms with E-state index >= 15 is 0 Å². The third-order valence-electron chi connectivity index (χ3n) is 7.19. The number of hydrogen-bond acceptors (Lipinski definition) is 7. The van der Waals surface area contributed by atoms with Crippen molar-refractivity contribution in [2.75, 3.05) is 17.3 Å². The fourth-order valence-electron chi connectivity index (χ4n) is 5.09. The summed E-state index contributed by atoms with van der Waals surface area (Å²) in [5, 5.41) is 21.0. The second kappa shape index (κ2) is 12.0. The standard InChI is InChI=1S/C32H30F2N6O2/c33-26-8-12-29(30(34)15-26)32(41,20-40-22-35-21-37-40)19-39-17-25-14-27(9-13-31(25)38-39)36-16-23-6-10-28(11-7-23)42-18-24-4-2-1-3-5-24/h1-15,21-22,36,38,41H,16-20H2. The highest BCUT2D eigenvalue weighted by Crippen LogP contribution is 2.33. The van der Waals surface area contributed by atoms with Crippen LogP contribution in [-0.2, 0) is 31.8 Å². The first-order chi connectivity index (χ1) is 20.4. The van der Waals surface area contributed by atoms with E-state index in [1.54, 1.807) is 0 Å². The Kier molecular flexibility index (Phi) is 7.81. The maximum absolute atomic E-state index is 14.8. The van der Waals surface area contributed by atoms with Gasteiger partial charge in [0.2, 0.25) is 0 Å². The molecule has 214 valence electrons. The fraction of sp³-hybridized carbons (Fsp3) is 0.188. The van der Waals surface area contributed by atoms with Gasteiger partial charge in [-0.1, -0.05) is 48.5 Å². The van der Waals surface area contributed by atoms with E-state index in [1.807, 2.05) is 71.7 Å². The molecule has 5 aromatic rings. The van der Waals surface area contributed by atoms with Crippen LogP contribution in [0.25, 0.3) is 0 Å².